The molecular formula is C32H28N4O3. The van der Waals surface area contributed by atoms with E-state index in [0.29, 0.717) is 5.56 Å². The van der Waals surface area contributed by atoms with Crippen molar-refractivity contribution < 1.29 is 14.3 Å². The summed E-state index contributed by atoms with van der Waals surface area (Å²) in [7, 11) is 0. The predicted molar refractivity (Wildman–Crippen MR) is 152 cm³/mol. The molecule has 0 spiro atoms. The monoisotopic (exact) mass is 516 g/mol. The summed E-state index contributed by atoms with van der Waals surface area (Å²) >= 11 is 0. The Morgan fingerprint density at radius 3 is 2.33 bits per heavy atom. The minimum atomic E-state index is -0.269. The molecule has 0 atom stereocenters. The number of amides is 1. The number of ether oxygens (including phenoxy) is 2. The molecule has 1 aliphatic heterocycles. The summed E-state index contributed by atoms with van der Waals surface area (Å²) in [5.41, 5.74) is 11.5. The van der Waals surface area contributed by atoms with E-state index in [1.807, 2.05) is 80.6 Å². The first-order valence-electron chi connectivity index (χ1n) is 12.8. The Morgan fingerprint density at radius 2 is 1.54 bits per heavy atom. The first kappa shape index (κ1) is 24.3. The molecule has 39 heavy (non-hydrogen) atoms. The zero-order valence-electron chi connectivity index (χ0n) is 22.0. The van der Waals surface area contributed by atoms with Crippen LogP contribution in [-0.4, -0.2) is 28.0 Å². The van der Waals surface area contributed by atoms with Gasteiger partial charge in [0.05, 0.1) is 11.9 Å². The number of hydrogen-bond acceptors (Lipinski definition) is 4. The second-order valence-corrected chi connectivity index (χ2v) is 9.51. The number of carbonyl (C=O) groups excluding carboxylic acids is 1. The summed E-state index contributed by atoms with van der Waals surface area (Å²) in [6.07, 6.45) is 1.67. The SMILES string of the molecule is Cc1ccc(-c2ccccc2)n1-c1ccc(C(=O)N/N=C/c2cc(C)n(-c3ccc4c(c3)OCO4)c2C)cc1. The van der Waals surface area contributed by atoms with Gasteiger partial charge in [-0.05, 0) is 80.9 Å². The van der Waals surface area contributed by atoms with Crippen molar-refractivity contribution in [3.05, 3.63) is 119 Å². The zero-order valence-corrected chi connectivity index (χ0v) is 22.0. The van der Waals surface area contributed by atoms with Crippen molar-refractivity contribution in [3.63, 3.8) is 0 Å². The van der Waals surface area contributed by atoms with E-state index in [-0.39, 0.29) is 12.7 Å². The quantitative estimate of drug-likeness (QED) is 0.211. The van der Waals surface area contributed by atoms with E-state index in [1.165, 1.54) is 0 Å². The van der Waals surface area contributed by atoms with Gasteiger partial charge in [0.15, 0.2) is 11.5 Å². The largest absolute Gasteiger partial charge is 0.454 e. The topological polar surface area (TPSA) is 69.8 Å². The highest BCUT2D eigenvalue weighted by Crippen LogP contribution is 2.34. The van der Waals surface area contributed by atoms with Gasteiger partial charge in [-0.25, -0.2) is 5.43 Å². The number of carbonyl (C=O) groups is 1. The van der Waals surface area contributed by atoms with Gasteiger partial charge in [0, 0.05) is 45.6 Å². The van der Waals surface area contributed by atoms with Crippen LogP contribution >= 0.6 is 0 Å². The average Bonchev–Trinajstić information content (AvgIpc) is 3.66. The lowest BCUT2D eigenvalue weighted by Gasteiger charge is -2.12. The molecule has 1 aliphatic rings. The predicted octanol–water partition coefficient (Wildman–Crippen LogP) is 6.35. The molecule has 7 heteroatoms. The van der Waals surface area contributed by atoms with Crippen molar-refractivity contribution in [1.82, 2.24) is 14.6 Å². The molecule has 3 aromatic carbocycles. The molecule has 194 valence electrons. The molecule has 0 radical (unpaired) electrons. The maximum Gasteiger partial charge on any atom is 0.271 e. The fourth-order valence-corrected chi connectivity index (χ4v) is 5.04. The van der Waals surface area contributed by atoms with Gasteiger partial charge in [-0.2, -0.15) is 5.10 Å². The third kappa shape index (κ3) is 4.59. The van der Waals surface area contributed by atoms with Crippen molar-refractivity contribution in [2.45, 2.75) is 20.8 Å². The van der Waals surface area contributed by atoms with E-state index in [4.69, 9.17) is 9.47 Å². The molecule has 2 aromatic heterocycles. The molecule has 7 nitrogen and oxygen atoms in total. The summed E-state index contributed by atoms with van der Waals surface area (Å²) < 4.78 is 15.3. The summed E-state index contributed by atoms with van der Waals surface area (Å²) in [5.74, 6) is 1.21. The Labute approximate surface area is 226 Å². The second-order valence-electron chi connectivity index (χ2n) is 9.51. The van der Waals surface area contributed by atoms with E-state index >= 15 is 0 Å². The number of aromatic nitrogens is 2. The van der Waals surface area contributed by atoms with E-state index in [0.717, 1.165) is 56.8 Å². The summed E-state index contributed by atoms with van der Waals surface area (Å²) in [6, 6.07) is 29.9. The van der Waals surface area contributed by atoms with Gasteiger partial charge in [0.25, 0.3) is 5.91 Å². The van der Waals surface area contributed by atoms with Gasteiger partial charge >= 0.3 is 0 Å². The number of nitrogens with zero attached hydrogens (tertiary/aromatic N) is 3. The van der Waals surface area contributed by atoms with E-state index in [9.17, 15) is 4.79 Å². The normalized spacial score (nSPS) is 12.3. The van der Waals surface area contributed by atoms with Crippen molar-refractivity contribution >= 4 is 12.1 Å². The summed E-state index contributed by atoms with van der Waals surface area (Å²) in [4.78, 5) is 12.8. The van der Waals surface area contributed by atoms with Crippen molar-refractivity contribution in [2.24, 2.45) is 5.10 Å². The molecular weight excluding hydrogens is 488 g/mol. The Kier molecular flexibility index (Phi) is 6.25. The highest BCUT2D eigenvalue weighted by atomic mass is 16.7. The van der Waals surface area contributed by atoms with E-state index in [1.54, 1.807) is 6.21 Å². The van der Waals surface area contributed by atoms with Crippen LogP contribution in [0, 0.1) is 20.8 Å². The van der Waals surface area contributed by atoms with Gasteiger partial charge in [-0.3, -0.25) is 4.79 Å². The number of aryl methyl sites for hydroxylation is 2. The van der Waals surface area contributed by atoms with Crippen molar-refractivity contribution in [2.75, 3.05) is 6.79 Å². The summed E-state index contributed by atoms with van der Waals surface area (Å²) in [6.45, 7) is 6.37. The first-order valence-corrected chi connectivity index (χ1v) is 12.8. The summed E-state index contributed by atoms with van der Waals surface area (Å²) in [5, 5.41) is 4.24. The molecule has 0 unspecified atom stereocenters. The molecule has 3 heterocycles. The number of fused-ring (bicyclic) bond motifs is 1. The number of hydrazone groups is 1. The molecule has 0 aliphatic carbocycles. The van der Waals surface area contributed by atoms with E-state index < -0.39 is 0 Å². The van der Waals surface area contributed by atoms with Gasteiger partial charge in [0.2, 0.25) is 6.79 Å². The second kappa shape index (κ2) is 10.0. The number of benzene rings is 3. The van der Waals surface area contributed by atoms with Gasteiger partial charge in [-0.1, -0.05) is 30.3 Å². The Hall–Kier alpha value is -5.04. The van der Waals surface area contributed by atoms with Gasteiger partial charge in [-0.15, -0.1) is 0 Å². The Balaban J connectivity index is 1.17. The van der Waals surface area contributed by atoms with Crippen molar-refractivity contribution in [1.29, 1.82) is 0 Å². The van der Waals surface area contributed by atoms with Crippen LogP contribution in [0.15, 0.2) is 96.1 Å². The van der Waals surface area contributed by atoms with Crippen LogP contribution in [0.5, 0.6) is 11.5 Å². The van der Waals surface area contributed by atoms with Crippen LogP contribution in [0.4, 0.5) is 0 Å². The smallest absolute Gasteiger partial charge is 0.271 e. The van der Waals surface area contributed by atoms with Crippen LogP contribution in [0.1, 0.15) is 33.0 Å². The number of nitrogens with one attached hydrogen (secondary N) is 1. The number of rotatable bonds is 6. The molecule has 0 saturated carbocycles. The van der Waals surface area contributed by atoms with Crippen molar-refractivity contribution in [3.8, 4) is 34.1 Å². The van der Waals surface area contributed by atoms with Crippen LogP contribution in [0.25, 0.3) is 22.6 Å². The minimum absolute atomic E-state index is 0.240. The Morgan fingerprint density at radius 1 is 0.795 bits per heavy atom. The molecule has 0 saturated heterocycles. The zero-order chi connectivity index (χ0) is 26.9. The fraction of sp³-hybridized carbons (Fsp3) is 0.125. The lowest BCUT2D eigenvalue weighted by molar-refractivity contribution is 0.0955. The maximum atomic E-state index is 12.8. The molecule has 1 N–H and O–H groups in total. The maximum absolute atomic E-state index is 12.8. The first-order chi connectivity index (χ1) is 19.0. The third-order valence-electron chi connectivity index (χ3n) is 6.99. The van der Waals surface area contributed by atoms with Crippen LogP contribution in [0.3, 0.4) is 0 Å². The fourth-order valence-electron chi connectivity index (χ4n) is 5.04. The highest BCUT2D eigenvalue weighted by molar-refractivity contribution is 5.95. The molecule has 5 aromatic rings. The molecule has 0 fully saturated rings. The van der Waals surface area contributed by atoms with Crippen LogP contribution in [-0.2, 0) is 0 Å². The standard InChI is InChI=1S/C32H28N4O3/c1-21-9-15-29(24-7-5-4-6-8-24)36(21)27-12-10-25(11-13-27)32(37)34-33-19-26-17-22(2)35(23(26)3)28-14-16-30-31(18-28)39-20-38-30/h4-19H,20H2,1-3H3,(H,34,37)/b33-19+. The van der Waals surface area contributed by atoms with E-state index in [2.05, 4.69) is 50.9 Å². The Bertz CT molecular complexity index is 1700. The lowest BCUT2D eigenvalue weighted by atomic mass is 10.1. The van der Waals surface area contributed by atoms with Crippen LogP contribution in [0.2, 0.25) is 0 Å². The lowest BCUT2D eigenvalue weighted by Crippen LogP contribution is -2.17. The van der Waals surface area contributed by atoms with Gasteiger partial charge < -0.3 is 18.6 Å². The molecule has 0 bridgehead atoms. The third-order valence-corrected chi connectivity index (χ3v) is 6.99. The molecule has 6 rings (SSSR count). The highest BCUT2D eigenvalue weighted by Gasteiger charge is 2.17. The number of hydrogen-bond donors (Lipinski definition) is 1. The van der Waals surface area contributed by atoms with Gasteiger partial charge in [0.1, 0.15) is 0 Å². The van der Waals surface area contributed by atoms with Crippen LogP contribution < -0.4 is 14.9 Å². The average molecular weight is 517 g/mol. The molecule has 1 amide bonds. The minimum Gasteiger partial charge on any atom is -0.454 e.